The van der Waals surface area contributed by atoms with Crippen molar-refractivity contribution in [3.05, 3.63) is 53.7 Å². The first-order valence-corrected chi connectivity index (χ1v) is 8.96. The number of guanidine groups is 1. The molecular weight excluding hydrogens is 453 g/mol. The minimum Gasteiger partial charge on any atom is -0.496 e. The molecule has 1 aromatic heterocycles. The van der Waals surface area contributed by atoms with Gasteiger partial charge in [-0.15, -0.1) is 24.0 Å². The summed E-state index contributed by atoms with van der Waals surface area (Å²) in [5.41, 5.74) is 2.36. The number of anilines is 1. The number of rotatable bonds is 4. The van der Waals surface area contributed by atoms with E-state index in [1.165, 1.54) is 5.56 Å². The second-order valence-electron chi connectivity index (χ2n) is 6.37. The highest BCUT2D eigenvalue weighted by atomic mass is 127. The standard InChI is InChI=1S/C20H27N5O.HI/c1-16-14-17(7-8-18(16)26-3)15-23-20(21-2)25-12-10-24(11-13-25)19-6-4-5-9-22-19;/h4-9,14H,10-13,15H2,1-3H3,(H,21,23);1H. The van der Waals surface area contributed by atoms with Gasteiger partial charge in [-0.25, -0.2) is 4.98 Å². The van der Waals surface area contributed by atoms with Gasteiger partial charge in [-0.05, 0) is 36.2 Å². The number of benzene rings is 1. The average Bonchev–Trinajstić information content (AvgIpc) is 2.70. The highest BCUT2D eigenvalue weighted by Crippen LogP contribution is 2.18. The number of ether oxygens (including phenoxy) is 1. The lowest BCUT2D eigenvalue weighted by Crippen LogP contribution is -2.52. The van der Waals surface area contributed by atoms with Crippen LogP contribution in [0.2, 0.25) is 0 Å². The molecule has 0 amide bonds. The van der Waals surface area contributed by atoms with E-state index in [0.717, 1.165) is 55.8 Å². The van der Waals surface area contributed by atoms with Gasteiger partial charge < -0.3 is 19.9 Å². The number of nitrogens with zero attached hydrogens (tertiary/aromatic N) is 4. The molecule has 1 aliphatic heterocycles. The van der Waals surface area contributed by atoms with E-state index in [9.17, 15) is 0 Å². The van der Waals surface area contributed by atoms with Crippen molar-refractivity contribution in [1.82, 2.24) is 15.2 Å². The van der Waals surface area contributed by atoms with Crippen LogP contribution in [0.4, 0.5) is 5.82 Å². The fraction of sp³-hybridized carbons (Fsp3) is 0.400. The summed E-state index contributed by atoms with van der Waals surface area (Å²) < 4.78 is 5.33. The molecule has 3 rings (SSSR count). The molecule has 7 heteroatoms. The summed E-state index contributed by atoms with van der Waals surface area (Å²) in [5, 5.41) is 3.48. The van der Waals surface area contributed by atoms with E-state index in [-0.39, 0.29) is 24.0 Å². The fourth-order valence-corrected chi connectivity index (χ4v) is 3.25. The fourth-order valence-electron chi connectivity index (χ4n) is 3.25. The maximum absolute atomic E-state index is 5.33. The van der Waals surface area contributed by atoms with Crippen LogP contribution >= 0.6 is 24.0 Å². The molecule has 0 saturated carbocycles. The van der Waals surface area contributed by atoms with Gasteiger partial charge in [0.1, 0.15) is 11.6 Å². The zero-order chi connectivity index (χ0) is 18.4. The van der Waals surface area contributed by atoms with Crippen molar-refractivity contribution in [3.8, 4) is 5.75 Å². The maximum atomic E-state index is 5.33. The van der Waals surface area contributed by atoms with Gasteiger partial charge in [-0.3, -0.25) is 4.99 Å². The van der Waals surface area contributed by atoms with E-state index in [2.05, 4.69) is 50.2 Å². The van der Waals surface area contributed by atoms with E-state index >= 15 is 0 Å². The first-order chi connectivity index (χ1) is 12.7. The largest absolute Gasteiger partial charge is 0.496 e. The molecule has 1 aliphatic rings. The first kappa shape index (κ1) is 21.3. The zero-order valence-corrected chi connectivity index (χ0v) is 18.5. The topological polar surface area (TPSA) is 53.0 Å². The lowest BCUT2D eigenvalue weighted by atomic mass is 10.1. The van der Waals surface area contributed by atoms with E-state index in [1.807, 2.05) is 31.4 Å². The lowest BCUT2D eigenvalue weighted by molar-refractivity contribution is 0.371. The van der Waals surface area contributed by atoms with E-state index in [0.29, 0.717) is 0 Å². The Labute approximate surface area is 178 Å². The Morgan fingerprint density at radius 2 is 1.96 bits per heavy atom. The van der Waals surface area contributed by atoms with Crippen molar-refractivity contribution >= 4 is 35.8 Å². The quantitative estimate of drug-likeness (QED) is 0.414. The molecule has 2 aromatic rings. The summed E-state index contributed by atoms with van der Waals surface area (Å²) in [6.45, 7) is 6.56. The van der Waals surface area contributed by atoms with Crippen molar-refractivity contribution in [2.75, 3.05) is 45.2 Å². The summed E-state index contributed by atoms with van der Waals surface area (Å²) in [7, 11) is 3.54. The SMILES string of the molecule is CN=C(NCc1ccc(OC)c(C)c1)N1CCN(c2ccccn2)CC1.I. The third-order valence-electron chi connectivity index (χ3n) is 4.67. The summed E-state index contributed by atoms with van der Waals surface area (Å²) in [5.74, 6) is 2.91. The number of hydrogen-bond acceptors (Lipinski definition) is 4. The minimum absolute atomic E-state index is 0. The predicted molar refractivity (Wildman–Crippen MR) is 121 cm³/mol. The Morgan fingerprint density at radius 3 is 2.56 bits per heavy atom. The molecule has 0 aliphatic carbocycles. The molecular formula is C20H28IN5O. The van der Waals surface area contributed by atoms with Crippen molar-refractivity contribution < 1.29 is 4.74 Å². The van der Waals surface area contributed by atoms with Crippen LogP contribution in [0.25, 0.3) is 0 Å². The van der Waals surface area contributed by atoms with Gasteiger partial charge in [0.25, 0.3) is 0 Å². The van der Waals surface area contributed by atoms with Gasteiger partial charge in [0.05, 0.1) is 7.11 Å². The molecule has 2 heterocycles. The molecule has 27 heavy (non-hydrogen) atoms. The highest BCUT2D eigenvalue weighted by molar-refractivity contribution is 14.0. The van der Waals surface area contributed by atoms with E-state index in [1.54, 1.807) is 7.11 Å². The number of hydrogen-bond donors (Lipinski definition) is 1. The van der Waals surface area contributed by atoms with Gasteiger partial charge in [0.2, 0.25) is 0 Å². The van der Waals surface area contributed by atoms with Crippen LogP contribution in [-0.2, 0) is 6.54 Å². The summed E-state index contributed by atoms with van der Waals surface area (Å²) in [6, 6.07) is 12.3. The molecule has 0 atom stereocenters. The van der Waals surface area contributed by atoms with Crippen molar-refractivity contribution in [3.63, 3.8) is 0 Å². The lowest BCUT2D eigenvalue weighted by Gasteiger charge is -2.37. The number of aromatic nitrogens is 1. The first-order valence-electron chi connectivity index (χ1n) is 8.96. The number of aliphatic imine (C=N–C) groups is 1. The van der Waals surface area contributed by atoms with Crippen LogP contribution in [0, 0.1) is 6.92 Å². The number of aryl methyl sites for hydroxylation is 1. The number of pyridine rings is 1. The Hall–Kier alpha value is -2.03. The molecule has 0 spiro atoms. The van der Waals surface area contributed by atoms with Crippen LogP contribution in [0.5, 0.6) is 5.75 Å². The molecule has 1 saturated heterocycles. The van der Waals surface area contributed by atoms with E-state index in [4.69, 9.17) is 4.74 Å². The molecule has 0 radical (unpaired) electrons. The number of nitrogens with one attached hydrogen (secondary N) is 1. The van der Waals surface area contributed by atoms with Crippen molar-refractivity contribution in [1.29, 1.82) is 0 Å². The summed E-state index contributed by atoms with van der Waals surface area (Å²) >= 11 is 0. The Bertz CT molecular complexity index is 745. The normalized spacial score (nSPS) is 14.6. The zero-order valence-electron chi connectivity index (χ0n) is 16.2. The van der Waals surface area contributed by atoms with Crippen LogP contribution in [0.1, 0.15) is 11.1 Å². The number of piperazine rings is 1. The highest BCUT2D eigenvalue weighted by Gasteiger charge is 2.20. The summed E-state index contributed by atoms with van der Waals surface area (Å²) in [6.07, 6.45) is 1.85. The molecule has 0 unspecified atom stereocenters. The van der Waals surface area contributed by atoms with Crippen LogP contribution in [-0.4, -0.2) is 56.2 Å². The second kappa shape index (κ2) is 10.3. The number of methoxy groups -OCH3 is 1. The third kappa shape index (κ3) is 5.47. The van der Waals surface area contributed by atoms with Crippen LogP contribution in [0.3, 0.4) is 0 Å². The van der Waals surface area contributed by atoms with Crippen molar-refractivity contribution in [2.45, 2.75) is 13.5 Å². The maximum Gasteiger partial charge on any atom is 0.194 e. The second-order valence-corrected chi connectivity index (χ2v) is 6.37. The third-order valence-corrected chi connectivity index (χ3v) is 4.67. The molecule has 146 valence electrons. The van der Waals surface area contributed by atoms with Gasteiger partial charge in [0.15, 0.2) is 5.96 Å². The molecule has 1 fully saturated rings. The van der Waals surface area contributed by atoms with Crippen LogP contribution in [0.15, 0.2) is 47.6 Å². The Kier molecular flexibility index (Phi) is 8.15. The van der Waals surface area contributed by atoms with Gasteiger partial charge in [-0.1, -0.05) is 18.2 Å². The van der Waals surface area contributed by atoms with Crippen LogP contribution < -0.4 is 15.0 Å². The molecule has 1 N–H and O–H groups in total. The Balaban J connectivity index is 0.00000261. The predicted octanol–water partition coefficient (Wildman–Crippen LogP) is 2.91. The van der Waals surface area contributed by atoms with Crippen molar-refractivity contribution in [2.24, 2.45) is 4.99 Å². The Morgan fingerprint density at radius 1 is 1.19 bits per heavy atom. The van der Waals surface area contributed by atoms with E-state index < -0.39 is 0 Å². The summed E-state index contributed by atoms with van der Waals surface area (Å²) in [4.78, 5) is 13.5. The number of halogens is 1. The molecule has 1 aromatic carbocycles. The molecule has 6 nitrogen and oxygen atoms in total. The minimum atomic E-state index is 0. The molecule has 0 bridgehead atoms. The smallest absolute Gasteiger partial charge is 0.194 e. The monoisotopic (exact) mass is 481 g/mol. The van der Waals surface area contributed by atoms with Gasteiger partial charge in [-0.2, -0.15) is 0 Å². The van der Waals surface area contributed by atoms with Gasteiger partial charge >= 0.3 is 0 Å². The average molecular weight is 481 g/mol. The van der Waals surface area contributed by atoms with Gasteiger partial charge in [0, 0.05) is 46.0 Å².